The summed E-state index contributed by atoms with van der Waals surface area (Å²) >= 11 is 0. The van der Waals surface area contributed by atoms with Crippen LogP contribution in [0.1, 0.15) is 49.3 Å². The second-order valence-corrected chi connectivity index (χ2v) is 6.39. The Morgan fingerprint density at radius 1 is 1.33 bits per heavy atom. The maximum Gasteiger partial charge on any atom is 0.191 e. The number of halogens is 1. The lowest BCUT2D eigenvalue weighted by molar-refractivity contribution is 0.386. The molecular formula is C20H30FN5O. The number of rotatable bonds is 7. The molecule has 27 heavy (non-hydrogen) atoms. The van der Waals surface area contributed by atoms with Gasteiger partial charge in [-0.3, -0.25) is 9.67 Å². The number of hydrogen-bond donors (Lipinski definition) is 2. The standard InChI is InChI=1S/C20H30FN5O/c1-7-17-15(18(8-2)26(5)25-17)12-23-20(22-4)24-13(3)14-9-10-19(27-6)16(21)11-14/h9-11,13H,7-8,12H2,1-6H3,(H2,22,23,24). The van der Waals surface area contributed by atoms with Gasteiger partial charge in [0.05, 0.1) is 18.8 Å². The van der Waals surface area contributed by atoms with Gasteiger partial charge >= 0.3 is 0 Å². The van der Waals surface area contributed by atoms with Crippen LogP contribution in [0.2, 0.25) is 0 Å². The highest BCUT2D eigenvalue weighted by Gasteiger charge is 2.15. The number of aliphatic imine (C=N–C) groups is 1. The first-order chi connectivity index (χ1) is 12.9. The van der Waals surface area contributed by atoms with Gasteiger partial charge in [0.2, 0.25) is 0 Å². The van der Waals surface area contributed by atoms with Crippen LogP contribution in [0.4, 0.5) is 4.39 Å². The third-order valence-corrected chi connectivity index (χ3v) is 4.71. The van der Waals surface area contributed by atoms with E-state index in [4.69, 9.17) is 4.74 Å². The van der Waals surface area contributed by atoms with Crippen molar-refractivity contribution in [1.82, 2.24) is 20.4 Å². The van der Waals surface area contributed by atoms with Gasteiger partial charge in [0.15, 0.2) is 17.5 Å². The van der Waals surface area contributed by atoms with Crippen molar-refractivity contribution in [3.63, 3.8) is 0 Å². The van der Waals surface area contributed by atoms with Gasteiger partial charge in [-0.2, -0.15) is 5.10 Å². The third-order valence-electron chi connectivity index (χ3n) is 4.71. The molecule has 7 heteroatoms. The van der Waals surface area contributed by atoms with E-state index >= 15 is 0 Å². The minimum absolute atomic E-state index is 0.109. The molecule has 148 valence electrons. The molecular weight excluding hydrogens is 345 g/mol. The smallest absolute Gasteiger partial charge is 0.191 e. The molecule has 1 aromatic carbocycles. The van der Waals surface area contributed by atoms with E-state index in [1.807, 2.05) is 24.7 Å². The lowest BCUT2D eigenvalue weighted by Crippen LogP contribution is -2.38. The molecule has 0 radical (unpaired) electrons. The van der Waals surface area contributed by atoms with E-state index in [0.29, 0.717) is 12.5 Å². The number of ether oxygens (including phenoxy) is 1. The fourth-order valence-corrected chi connectivity index (χ4v) is 3.20. The molecule has 0 spiro atoms. The van der Waals surface area contributed by atoms with Crippen LogP contribution in [0.3, 0.4) is 0 Å². The van der Waals surface area contributed by atoms with Crippen molar-refractivity contribution >= 4 is 5.96 Å². The molecule has 1 aromatic heterocycles. The van der Waals surface area contributed by atoms with Gasteiger partial charge in [0.25, 0.3) is 0 Å². The molecule has 1 atom stereocenters. The first-order valence-electron chi connectivity index (χ1n) is 9.29. The van der Waals surface area contributed by atoms with Crippen molar-refractivity contribution in [2.24, 2.45) is 12.0 Å². The summed E-state index contributed by atoms with van der Waals surface area (Å²) in [6.45, 7) is 6.85. The Bertz CT molecular complexity index is 800. The van der Waals surface area contributed by atoms with E-state index in [2.05, 4.69) is 34.6 Å². The molecule has 0 saturated heterocycles. The zero-order valence-corrected chi connectivity index (χ0v) is 17.1. The molecule has 2 N–H and O–H groups in total. The van der Waals surface area contributed by atoms with Crippen LogP contribution >= 0.6 is 0 Å². The number of aromatic nitrogens is 2. The van der Waals surface area contributed by atoms with Crippen LogP contribution in [0.15, 0.2) is 23.2 Å². The van der Waals surface area contributed by atoms with E-state index in [1.54, 1.807) is 13.1 Å². The lowest BCUT2D eigenvalue weighted by Gasteiger charge is -2.19. The Morgan fingerprint density at radius 2 is 2.07 bits per heavy atom. The minimum atomic E-state index is -0.373. The number of benzene rings is 1. The van der Waals surface area contributed by atoms with Crippen molar-refractivity contribution in [1.29, 1.82) is 0 Å². The van der Waals surface area contributed by atoms with Crippen molar-refractivity contribution in [2.45, 2.75) is 46.2 Å². The van der Waals surface area contributed by atoms with E-state index in [1.165, 1.54) is 24.4 Å². The van der Waals surface area contributed by atoms with Crippen LogP contribution in [-0.2, 0) is 26.4 Å². The zero-order chi connectivity index (χ0) is 20.0. The van der Waals surface area contributed by atoms with E-state index < -0.39 is 0 Å². The maximum absolute atomic E-state index is 14.0. The number of aryl methyl sites for hydroxylation is 2. The van der Waals surface area contributed by atoms with Crippen LogP contribution in [0.25, 0.3) is 0 Å². The van der Waals surface area contributed by atoms with Gasteiger partial charge in [-0.1, -0.05) is 19.9 Å². The van der Waals surface area contributed by atoms with Crippen LogP contribution in [0.5, 0.6) is 5.75 Å². The largest absolute Gasteiger partial charge is 0.494 e. The zero-order valence-electron chi connectivity index (χ0n) is 17.1. The minimum Gasteiger partial charge on any atom is -0.494 e. The molecule has 0 saturated carbocycles. The van der Waals surface area contributed by atoms with Crippen molar-refractivity contribution in [3.8, 4) is 5.75 Å². The predicted molar refractivity (Wildman–Crippen MR) is 107 cm³/mol. The van der Waals surface area contributed by atoms with Gasteiger partial charge in [-0.05, 0) is 37.5 Å². The Labute approximate surface area is 160 Å². The Balaban J connectivity index is 2.07. The van der Waals surface area contributed by atoms with Crippen molar-refractivity contribution < 1.29 is 9.13 Å². The average Bonchev–Trinajstić information content (AvgIpc) is 2.99. The summed E-state index contributed by atoms with van der Waals surface area (Å²) in [5.41, 5.74) is 4.36. The summed E-state index contributed by atoms with van der Waals surface area (Å²) in [5, 5.41) is 11.3. The molecule has 0 aliphatic rings. The number of nitrogens with one attached hydrogen (secondary N) is 2. The summed E-state index contributed by atoms with van der Waals surface area (Å²) < 4.78 is 20.9. The van der Waals surface area contributed by atoms with E-state index in [-0.39, 0.29) is 17.6 Å². The topological polar surface area (TPSA) is 63.5 Å². The first kappa shape index (κ1) is 20.7. The van der Waals surface area contributed by atoms with Crippen molar-refractivity contribution in [3.05, 3.63) is 46.5 Å². The highest BCUT2D eigenvalue weighted by molar-refractivity contribution is 5.80. The second kappa shape index (κ2) is 9.39. The number of hydrogen-bond acceptors (Lipinski definition) is 3. The normalized spacial score (nSPS) is 12.8. The van der Waals surface area contributed by atoms with Gasteiger partial charge in [0.1, 0.15) is 0 Å². The fourth-order valence-electron chi connectivity index (χ4n) is 3.20. The van der Waals surface area contributed by atoms with Crippen LogP contribution < -0.4 is 15.4 Å². The number of guanidine groups is 1. The fraction of sp³-hybridized carbons (Fsp3) is 0.500. The molecule has 1 unspecified atom stereocenters. The van der Waals surface area contributed by atoms with Crippen molar-refractivity contribution in [2.75, 3.05) is 14.2 Å². The summed E-state index contributed by atoms with van der Waals surface area (Å²) in [7, 11) is 5.16. The lowest BCUT2D eigenvalue weighted by atomic mass is 10.1. The Kier molecular flexibility index (Phi) is 7.21. The molecule has 1 heterocycles. The highest BCUT2D eigenvalue weighted by atomic mass is 19.1. The highest BCUT2D eigenvalue weighted by Crippen LogP contribution is 2.21. The van der Waals surface area contributed by atoms with E-state index in [9.17, 15) is 4.39 Å². The summed E-state index contributed by atoms with van der Waals surface area (Å²) in [6, 6.07) is 4.85. The average molecular weight is 375 g/mol. The van der Waals surface area contributed by atoms with E-state index in [0.717, 1.165) is 24.1 Å². The number of methoxy groups -OCH3 is 1. The SMILES string of the molecule is CCc1nn(C)c(CC)c1CNC(=NC)NC(C)c1ccc(OC)c(F)c1. The molecule has 0 amide bonds. The summed E-state index contributed by atoms with van der Waals surface area (Å²) in [5.74, 6) is 0.526. The van der Waals surface area contributed by atoms with Gasteiger partial charge in [-0.15, -0.1) is 0 Å². The Morgan fingerprint density at radius 3 is 2.63 bits per heavy atom. The molecule has 0 aliphatic heterocycles. The van der Waals surface area contributed by atoms with Gasteiger partial charge in [-0.25, -0.2) is 4.39 Å². The quantitative estimate of drug-likeness (QED) is 0.577. The summed E-state index contributed by atoms with van der Waals surface area (Å²) in [6.07, 6.45) is 1.81. The monoisotopic (exact) mass is 375 g/mol. The molecule has 0 aliphatic carbocycles. The number of nitrogens with zero attached hydrogens (tertiary/aromatic N) is 3. The maximum atomic E-state index is 14.0. The second-order valence-electron chi connectivity index (χ2n) is 6.39. The third kappa shape index (κ3) is 4.78. The molecule has 0 bridgehead atoms. The Hall–Kier alpha value is -2.57. The first-order valence-corrected chi connectivity index (χ1v) is 9.29. The predicted octanol–water partition coefficient (Wildman–Crippen LogP) is 3.12. The van der Waals surface area contributed by atoms with Crippen LogP contribution in [-0.4, -0.2) is 29.9 Å². The summed E-state index contributed by atoms with van der Waals surface area (Å²) in [4.78, 5) is 4.29. The van der Waals surface area contributed by atoms with Gasteiger partial charge in [0, 0.05) is 31.9 Å². The molecule has 0 fully saturated rings. The van der Waals surface area contributed by atoms with Crippen LogP contribution in [0, 0.1) is 5.82 Å². The van der Waals surface area contributed by atoms with Gasteiger partial charge < -0.3 is 15.4 Å². The molecule has 2 rings (SSSR count). The molecule has 2 aromatic rings. The molecule has 6 nitrogen and oxygen atoms in total.